The van der Waals surface area contributed by atoms with Crippen molar-refractivity contribution in [3.05, 3.63) is 29.1 Å². The molecule has 0 saturated heterocycles. The first-order valence-electron chi connectivity index (χ1n) is 5.13. The molecule has 0 fully saturated rings. The second-order valence-electron chi connectivity index (χ2n) is 3.88. The van der Waals surface area contributed by atoms with Crippen LogP contribution < -0.4 is 4.74 Å². The normalized spacial score (nSPS) is 20.2. The molecule has 2 nitrogen and oxygen atoms in total. The average molecular weight is 240 g/mol. The number of methoxy groups -OCH3 is 1. The second-order valence-corrected chi connectivity index (χ2v) is 5.31. The van der Waals surface area contributed by atoms with Gasteiger partial charge in [-0.05, 0) is 6.07 Å². The van der Waals surface area contributed by atoms with E-state index in [2.05, 4.69) is 0 Å². The lowest BCUT2D eigenvalue weighted by atomic mass is 10.0. The molecule has 86 valence electrons. The van der Waals surface area contributed by atoms with Crippen LogP contribution in [0.4, 0.5) is 4.39 Å². The lowest BCUT2D eigenvalue weighted by molar-refractivity contribution is 0.0983. The van der Waals surface area contributed by atoms with Crippen molar-refractivity contribution in [1.82, 2.24) is 0 Å². The van der Waals surface area contributed by atoms with Gasteiger partial charge in [-0.3, -0.25) is 4.79 Å². The molecular formula is C12H13FO2S. The molecule has 0 saturated carbocycles. The van der Waals surface area contributed by atoms with Crippen LogP contribution >= 0.6 is 11.8 Å². The predicted molar refractivity (Wildman–Crippen MR) is 62.7 cm³/mol. The van der Waals surface area contributed by atoms with E-state index in [4.69, 9.17) is 4.74 Å². The zero-order valence-corrected chi connectivity index (χ0v) is 10.1. The van der Waals surface area contributed by atoms with Crippen molar-refractivity contribution in [3.63, 3.8) is 0 Å². The number of benzene rings is 1. The van der Waals surface area contributed by atoms with Crippen molar-refractivity contribution in [1.29, 1.82) is 0 Å². The van der Waals surface area contributed by atoms with E-state index in [0.29, 0.717) is 29.1 Å². The third kappa shape index (κ3) is 2.07. The van der Waals surface area contributed by atoms with Crippen LogP contribution in [0.25, 0.3) is 0 Å². The van der Waals surface area contributed by atoms with Gasteiger partial charge in [-0.25, -0.2) is 4.39 Å². The standard InChI is InChI=1S/C12H13FO2S/c1-7-3-12(14)9-4-8(15-2)5-11(13)10(9)6-16-7/h4-5,7H,3,6H2,1-2H3. The summed E-state index contributed by atoms with van der Waals surface area (Å²) in [6.07, 6.45) is 0.463. The van der Waals surface area contributed by atoms with Crippen LogP contribution in [-0.2, 0) is 5.75 Å². The van der Waals surface area contributed by atoms with E-state index in [-0.39, 0.29) is 16.9 Å². The molecule has 1 aliphatic rings. The van der Waals surface area contributed by atoms with E-state index >= 15 is 0 Å². The molecule has 1 atom stereocenters. The van der Waals surface area contributed by atoms with E-state index in [1.54, 1.807) is 17.8 Å². The van der Waals surface area contributed by atoms with Crippen LogP contribution in [0.1, 0.15) is 29.3 Å². The van der Waals surface area contributed by atoms with Gasteiger partial charge in [-0.2, -0.15) is 11.8 Å². The Hall–Kier alpha value is -1.03. The molecule has 1 unspecified atom stereocenters. The number of ether oxygens (including phenoxy) is 1. The topological polar surface area (TPSA) is 26.3 Å². The number of thioether (sulfide) groups is 1. The van der Waals surface area contributed by atoms with Crippen molar-refractivity contribution >= 4 is 17.5 Å². The van der Waals surface area contributed by atoms with Gasteiger partial charge in [0.05, 0.1) is 7.11 Å². The highest BCUT2D eigenvalue weighted by molar-refractivity contribution is 7.99. The number of hydrogen-bond donors (Lipinski definition) is 0. The first-order valence-corrected chi connectivity index (χ1v) is 6.18. The maximum Gasteiger partial charge on any atom is 0.164 e. The molecular weight excluding hydrogens is 227 g/mol. The predicted octanol–water partition coefficient (Wildman–Crippen LogP) is 3.04. The van der Waals surface area contributed by atoms with Crippen LogP contribution in [0.2, 0.25) is 0 Å². The van der Waals surface area contributed by atoms with Crippen LogP contribution in [0, 0.1) is 5.82 Å². The maximum absolute atomic E-state index is 13.8. The zero-order chi connectivity index (χ0) is 11.7. The van der Waals surface area contributed by atoms with Gasteiger partial charge in [-0.15, -0.1) is 0 Å². The van der Waals surface area contributed by atoms with E-state index in [1.807, 2.05) is 6.92 Å². The molecule has 0 spiro atoms. The van der Waals surface area contributed by atoms with E-state index in [9.17, 15) is 9.18 Å². The van der Waals surface area contributed by atoms with E-state index in [1.165, 1.54) is 13.2 Å². The highest BCUT2D eigenvalue weighted by atomic mass is 32.2. The number of hydrogen-bond acceptors (Lipinski definition) is 3. The lowest BCUT2D eigenvalue weighted by Crippen LogP contribution is -2.06. The highest BCUT2D eigenvalue weighted by Gasteiger charge is 2.23. The van der Waals surface area contributed by atoms with Gasteiger partial charge in [0.1, 0.15) is 11.6 Å². The Morgan fingerprint density at radius 1 is 1.50 bits per heavy atom. The Bertz CT molecular complexity index is 431. The molecule has 0 aliphatic carbocycles. The van der Waals surface area contributed by atoms with Gasteiger partial charge in [0, 0.05) is 34.6 Å². The highest BCUT2D eigenvalue weighted by Crippen LogP contribution is 2.32. The maximum atomic E-state index is 13.8. The molecule has 1 aromatic rings. The Balaban J connectivity index is 2.51. The molecule has 2 rings (SSSR count). The Kier molecular flexibility index (Phi) is 3.19. The number of fused-ring (bicyclic) bond motifs is 1. The molecule has 1 heterocycles. The van der Waals surface area contributed by atoms with Crippen LogP contribution in [0.5, 0.6) is 5.75 Å². The Labute approximate surface area is 98.2 Å². The summed E-state index contributed by atoms with van der Waals surface area (Å²) in [7, 11) is 1.47. The number of ketones is 1. The first kappa shape index (κ1) is 11.5. The minimum Gasteiger partial charge on any atom is -0.497 e. The van der Waals surface area contributed by atoms with Crippen LogP contribution in [0.15, 0.2) is 12.1 Å². The van der Waals surface area contributed by atoms with Gasteiger partial charge in [0.2, 0.25) is 0 Å². The smallest absolute Gasteiger partial charge is 0.164 e. The molecule has 0 bridgehead atoms. The third-order valence-electron chi connectivity index (χ3n) is 2.69. The molecule has 1 aliphatic heterocycles. The molecule has 0 aromatic heterocycles. The quantitative estimate of drug-likeness (QED) is 0.754. The summed E-state index contributed by atoms with van der Waals surface area (Å²) in [6, 6.07) is 2.97. The number of Topliss-reactive ketones (excluding diaryl/α,β-unsaturated/α-hetero) is 1. The summed E-state index contributed by atoms with van der Waals surface area (Å²) in [5.41, 5.74) is 0.994. The summed E-state index contributed by atoms with van der Waals surface area (Å²) in [6.45, 7) is 1.99. The second kappa shape index (κ2) is 4.45. The first-order chi connectivity index (χ1) is 7.61. The largest absolute Gasteiger partial charge is 0.497 e. The van der Waals surface area contributed by atoms with Gasteiger partial charge in [0.25, 0.3) is 0 Å². The minimum absolute atomic E-state index is 0.00491. The molecule has 16 heavy (non-hydrogen) atoms. The summed E-state index contributed by atoms with van der Waals surface area (Å²) < 4.78 is 18.7. The zero-order valence-electron chi connectivity index (χ0n) is 9.25. The van der Waals surface area contributed by atoms with Gasteiger partial charge in [0.15, 0.2) is 5.78 Å². The van der Waals surface area contributed by atoms with Crippen molar-refractivity contribution in [2.75, 3.05) is 7.11 Å². The van der Waals surface area contributed by atoms with Gasteiger partial charge >= 0.3 is 0 Å². The molecule has 0 amide bonds. The molecule has 0 N–H and O–H groups in total. The fraction of sp³-hybridized carbons (Fsp3) is 0.417. The summed E-state index contributed by atoms with van der Waals surface area (Å²) in [4.78, 5) is 11.9. The Morgan fingerprint density at radius 3 is 2.94 bits per heavy atom. The monoisotopic (exact) mass is 240 g/mol. The minimum atomic E-state index is -0.343. The fourth-order valence-corrected chi connectivity index (χ4v) is 2.79. The number of rotatable bonds is 1. The Morgan fingerprint density at radius 2 is 2.25 bits per heavy atom. The SMILES string of the molecule is COc1cc(F)c2c(c1)C(=O)CC(C)SC2. The van der Waals surface area contributed by atoms with Crippen molar-refractivity contribution in [2.45, 2.75) is 24.3 Å². The molecule has 4 heteroatoms. The van der Waals surface area contributed by atoms with Gasteiger partial charge in [-0.1, -0.05) is 6.92 Å². The van der Waals surface area contributed by atoms with Crippen LogP contribution in [-0.4, -0.2) is 18.1 Å². The summed E-state index contributed by atoms with van der Waals surface area (Å²) >= 11 is 1.61. The third-order valence-corrected chi connectivity index (χ3v) is 3.88. The van der Waals surface area contributed by atoms with E-state index < -0.39 is 0 Å². The lowest BCUT2D eigenvalue weighted by Gasteiger charge is -2.08. The number of carbonyl (C=O) groups excluding carboxylic acids is 1. The van der Waals surface area contributed by atoms with Gasteiger partial charge < -0.3 is 4.74 Å². The number of carbonyl (C=O) groups is 1. The molecule has 1 aromatic carbocycles. The summed E-state index contributed by atoms with van der Waals surface area (Å²) in [5, 5.41) is 0.241. The van der Waals surface area contributed by atoms with E-state index in [0.717, 1.165) is 0 Å². The van der Waals surface area contributed by atoms with Crippen molar-refractivity contribution < 1.29 is 13.9 Å². The number of halogens is 1. The average Bonchev–Trinajstić information content (AvgIpc) is 2.39. The summed E-state index contributed by atoms with van der Waals surface area (Å²) in [5.74, 6) is 0.622. The van der Waals surface area contributed by atoms with Crippen molar-refractivity contribution in [3.8, 4) is 5.75 Å². The fourth-order valence-electron chi connectivity index (χ4n) is 1.78. The molecule has 0 radical (unpaired) electrons. The van der Waals surface area contributed by atoms with Crippen LogP contribution in [0.3, 0.4) is 0 Å². The van der Waals surface area contributed by atoms with Crippen molar-refractivity contribution in [2.24, 2.45) is 0 Å².